The molecule has 1 spiro atoms. The van der Waals surface area contributed by atoms with Gasteiger partial charge in [0.2, 0.25) is 0 Å². The van der Waals surface area contributed by atoms with Gasteiger partial charge < -0.3 is 24.8 Å². The van der Waals surface area contributed by atoms with E-state index in [0.717, 1.165) is 59.7 Å². The van der Waals surface area contributed by atoms with Crippen molar-refractivity contribution in [2.45, 2.75) is 55.3 Å². The van der Waals surface area contributed by atoms with Gasteiger partial charge in [-0.15, -0.1) is 0 Å². The number of likely N-dealkylation sites (tertiary alicyclic amines) is 1. The van der Waals surface area contributed by atoms with Gasteiger partial charge in [0, 0.05) is 35.5 Å². The fourth-order valence-electron chi connectivity index (χ4n) is 7.42. The third-order valence-corrected chi connectivity index (χ3v) is 8.93. The highest BCUT2D eigenvalue weighted by atomic mass is 32.2. The van der Waals surface area contributed by atoms with E-state index in [1.165, 1.54) is 18.4 Å². The normalized spacial score (nSPS) is 30.9. The minimum Gasteiger partial charge on any atom is -0.504 e. The van der Waals surface area contributed by atoms with Crippen molar-refractivity contribution in [2.75, 3.05) is 19.3 Å². The number of rotatable bonds is 2. The Morgan fingerprint density at radius 3 is 2.62 bits per heavy atom. The highest BCUT2D eigenvalue weighted by Crippen LogP contribution is 2.69. The van der Waals surface area contributed by atoms with Crippen LogP contribution in [0.1, 0.15) is 47.8 Å². The second-order valence-electron chi connectivity index (χ2n) is 11.1. The second-order valence-corrected chi connectivity index (χ2v) is 12.6. The van der Waals surface area contributed by atoms with Crippen LogP contribution in [0.2, 0.25) is 0 Å². The summed E-state index contributed by atoms with van der Waals surface area (Å²) in [4.78, 5) is 2.56. The lowest BCUT2D eigenvalue weighted by Crippen LogP contribution is -2.74. The molecule has 198 valence electrons. The molecule has 0 unspecified atom stereocenters. The fraction of sp³-hybridized carbons (Fsp3) is 0.481. The number of phenolic OH excluding ortho intramolecular Hbond substituents is 1. The lowest BCUT2D eigenvalue weighted by molar-refractivity contribution is -0.175. The molecule has 1 saturated heterocycles. The zero-order valence-electron chi connectivity index (χ0n) is 20.5. The molecular formula is C27H31NO8S. The molecule has 5 N–H and O–H groups in total. The van der Waals surface area contributed by atoms with Crippen molar-refractivity contribution >= 4 is 21.1 Å². The van der Waals surface area contributed by atoms with E-state index in [9.17, 15) is 18.6 Å². The van der Waals surface area contributed by atoms with Gasteiger partial charge in [0.15, 0.2) is 17.6 Å². The third kappa shape index (κ3) is 3.39. The average Bonchev–Trinajstić information content (AvgIpc) is 3.44. The summed E-state index contributed by atoms with van der Waals surface area (Å²) in [6, 6.07) is 12.0. The Morgan fingerprint density at radius 2 is 1.89 bits per heavy atom. The predicted molar refractivity (Wildman–Crippen MR) is 136 cm³/mol. The van der Waals surface area contributed by atoms with E-state index < -0.39 is 27.2 Å². The summed E-state index contributed by atoms with van der Waals surface area (Å²) < 4.78 is 38.8. The predicted octanol–water partition coefficient (Wildman–Crippen LogP) is 2.52. The van der Waals surface area contributed by atoms with Gasteiger partial charge in [0.1, 0.15) is 11.3 Å². The molecule has 2 aromatic carbocycles. The molecular weight excluding hydrogens is 498 g/mol. The van der Waals surface area contributed by atoms with E-state index in [-0.39, 0.29) is 17.3 Å². The standard InChI is InChI=1S/C26H25NO4.CH4O3S.H2O/c28-18-8-7-15-11-20-26(29)12-17-16-3-1-2-4-19(16)30-22(17)24-25(26,21(15)23(18)31-24)9-10-27(20)13-14-5-6-14;1-5(2,3)4;/h1-4,7-8,14,20,24,28-29H,5-6,9-13H2;1H3,(H,2,3,4);1H2/t20-,24-,25-,26+;;/m0../s1. The summed E-state index contributed by atoms with van der Waals surface area (Å²) in [5.41, 5.74) is 2.65. The van der Waals surface area contributed by atoms with Crippen LogP contribution in [0.4, 0.5) is 0 Å². The summed E-state index contributed by atoms with van der Waals surface area (Å²) in [6.07, 6.45) is 5.12. The highest BCUT2D eigenvalue weighted by Gasteiger charge is 2.73. The van der Waals surface area contributed by atoms with Crippen molar-refractivity contribution in [3.63, 3.8) is 0 Å². The van der Waals surface area contributed by atoms with Crippen LogP contribution in [0.15, 0.2) is 40.8 Å². The van der Waals surface area contributed by atoms with Gasteiger partial charge in [-0.1, -0.05) is 24.3 Å². The van der Waals surface area contributed by atoms with Gasteiger partial charge >= 0.3 is 0 Å². The Labute approximate surface area is 214 Å². The topological polar surface area (TPSA) is 152 Å². The lowest BCUT2D eigenvalue weighted by atomic mass is 9.49. The number of phenols is 1. The van der Waals surface area contributed by atoms with Crippen LogP contribution >= 0.6 is 0 Å². The third-order valence-electron chi connectivity index (χ3n) is 8.93. The van der Waals surface area contributed by atoms with Gasteiger partial charge in [-0.25, -0.2) is 0 Å². The number of benzene rings is 2. The molecule has 1 aromatic heterocycles. The summed E-state index contributed by atoms with van der Waals surface area (Å²) in [5, 5.41) is 24.5. The van der Waals surface area contributed by atoms with E-state index in [0.29, 0.717) is 18.4 Å². The first kappa shape index (κ1) is 24.7. The van der Waals surface area contributed by atoms with Crippen molar-refractivity contribution in [1.29, 1.82) is 0 Å². The monoisotopic (exact) mass is 529 g/mol. The van der Waals surface area contributed by atoms with Crippen molar-refractivity contribution in [2.24, 2.45) is 5.92 Å². The van der Waals surface area contributed by atoms with Crippen LogP contribution in [-0.2, 0) is 28.4 Å². The summed E-state index contributed by atoms with van der Waals surface area (Å²) in [5.74, 6) is 2.34. The smallest absolute Gasteiger partial charge is 0.261 e. The van der Waals surface area contributed by atoms with Crippen LogP contribution < -0.4 is 4.74 Å². The molecule has 4 atom stereocenters. The Hall–Kier alpha value is -2.63. The Bertz CT molecular complexity index is 1500. The zero-order valence-corrected chi connectivity index (χ0v) is 21.3. The number of furan rings is 1. The molecule has 0 radical (unpaired) electrons. The largest absolute Gasteiger partial charge is 0.504 e. The molecule has 5 aliphatic rings. The molecule has 2 bridgehead atoms. The summed E-state index contributed by atoms with van der Waals surface area (Å²) in [7, 11) is -3.67. The van der Waals surface area contributed by atoms with Gasteiger partial charge in [0.25, 0.3) is 10.1 Å². The van der Waals surface area contributed by atoms with Crippen molar-refractivity contribution in [3.05, 3.63) is 58.8 Å². The number of hydrogen-bond acceptors (Lipinski definition) is 7. The van der Waals surface area contributed by atoms with Crippen LogP contribution in [-0.4, -0.2) is 64.5 Å². The van der Waals surface area contributed by atoms with Crippen LogP contribution in [0.3, 0.4) is 0 Å². The first-order chi connectivity index (χ1) is 17.1. The van der Waals surface area contributed by atoms with E-state index in [2.05, 4.69) is 11.0 Å². The molecule has 37 heavy (non-hydrogen) atoms. The number of aliphatic hydroxyl groups is 1. The number of piperidine rings is 1. The van der Waals surface area contributed by atoms with Gasteiger partial charge in [-0.3, -0.25) is 9.45 Å². The quantitative estimate of drug-likeness (QED) is 0.428. The number of para-hydroxylation sites is 1. The number of hydrogen-bond donors (Lipinski definition) is 3. The molecule has 1 saturated carbocycles. The number of aromatic hydroxyl groups is 1. The van der Waals surface area contributed by atoms with Crippen molar-refractivity contribution in [3.8, 4) is 11.5 Å². The van der Waals surface area contributed by atoms with Crippen LogP contribution in [0.25, 0.3) is 11.0 Å². The Morgan fingerprint density at radius 1 is 1.16 bits per heavy atom. The minimum absolute atomic E-state index is 0. The van der Waals surface area contributed by atoms with Gasteiger partial charge in [-0.2, -0.15) is 8.42 Å². The molecule has 9 nitrogen and oxygen atoms in total. The number of nitrogens with zero attached hydrogens (tertiary/aromatic N) is 1. The van der Waals surface area contributed by atoms with Crippen LogP contribution in [0, 0.1) is 5.92 Å². The molecule has 3 aromatic rings. The number of ether oxygens (including phenoxy) is 1. The van der Waals surface area contributed by atoms with Gasteiger partial charge in [-0.05, 0) is 55.8 Å². The van der Waals surface area contributed by atoms with Crippen LogP contribution in [0.5, 0.6) is 11.5 Å². The van der Waals surface area contributed by atoms with Gasteiger partial charge in [0.05, 0.1) is 17.3 Å². The van der Waals surface area contributed by atoms with E-state index >= 15 is 0 Å². The molecule has 2 fully saturated rings. The maximum Gasteiger partial charge on any atom is 0.261 e. The molecule has 3 heterocycles. The molecule has 0 amide bonds. The Kier molecular flexibility index (Phi) is 5.30. The highest BCUT2D eigenvalue weighted by molar-refractivity contribution is 7.85. The average molecular weight is 530 g/mol. The van der Waals surface area contributed by atoms with E-state index in [4.69, 9.17) is 13.7 Å². The van der Waals surface area contributed by atoms with Crippen molar-refractivity contribution < 1.29 is 37.8 Å². The summed E-state index contributed by atoms with van der Waals surface area (Å²) >= 11 is 0. The zero-order chi connectivity index (χ0) is 25.0. The first-order valence-corrected chi connectivity index (χ1v) is 14.4. The maximum absolute atomic E-state index is 12.7. The second kappa shape index (κ2) is 7.94. The SMILES string of the molecule is CS(=O)(=O)O.O.Oc1ccc2c3c1O[C@H]1c4oc5ccccc5c4C[C@@]4(O)[C@H](C2)N(CC2CC2)CC[C@]314. The molecule has 8 rings (SSSR count). The Balaban J connectivity index is 0.000000387. The van der Waals surface area contributed by atoms with E-state index in [1.807, 2.05) is 24.3 Å². The minimum atomic E-state index is -3.67. The molecule has 3 aliphatic carbocycles. The van der Waals surface area contributed by atoms with E-state index in [1.54, 1.807) is 6.07 Å². The van der Waals surface area contributed by atoms with Crippen molar-refractivity contribution in [1.82, 2.24) is 4.90 Å². The molecule has 2 aliphatic heterocycles. The summed E-state index contributed by atoms with van der Waals surface area (Å²) in [6.45, 7) is 2.03. The lowest BCUT2D eigenvalue weighted by Gasteiger charge is -2.62. The maximum atomic E-state index is 12.7. The molecule has 10 heteroatoms. The first-order valence-electron chi connectivity index (χ1n) is 12.5. The fourth-order valence-corrected chi connectivity index (χ4v) is 7.42. The number of fused-ring (bicyclic) bond motifs is 4.